The molecular formula is C25H31N5O4S. The molecule has 0 aliphatic carbocycles. The molecule has 2 heterocycles. The largest absolute Gasteiger partial charge is 0.462 e. The van der Waals surface area contributed by atoms with E-state index < -0.39 is 5.97 Å². The lowest BCUT2D eigenvalue weighted by atomic mass is 10.2. The van der Waals surface area contributed by atoms with E-state index in [1.54, 1.807) is 38.1 Å². The highest BCUT2D eigenvalue weighted by molar-refractivity contribution is 7.07. The van der Waals surface area contributed by atoms with Gasteiger partial charge < -0.3 is 20.3 Å². The van der Waals surface area contributed by atoms with E-state index in [2.05, 4.69) is 15.5 Å². The van der Waals surface area contributed by atoms with Crippen molar-refractivity contribution >= 4 is 40.7 Å². The third kappa shape index (κ3) is 6.81. The van der Waals surface area contributed by atoms with Crippen molar-refractivity contribution in [2.45, 2.75) is 39.7 Å². The van der Waals surface area contributed by atoms with E-state index in [9.17, 15) is 19.6 Å². The minimum absolute atomic E-state index is 0.134. The molecule has 1 aliphatic rings. The Morgan fingerprint density at radius 2 is 2.03 bits per heavy atom. The fraction of sp³-hybridized carbons (Fsp3) is 0.440. The number of carbonyl (C=O) groups excluding carboxylic acids is 2. The van der Waals surface area contributed by atoms with Crippen molar-refractivity contribution in [2.24, 2.45) is 0 Å². The average molecular weight is 498 g/mol. The summed E-state index contributed by atoms with van der Waals surface area (Å²) in [6.07, 6.45) is 4.95. The Kier molecular flexibility index (Phi) is 9.64. The van der Waals surface area contributed by atoms with Crippen molar-refractivity contribution in [1.82, 2.24) is 14.8 Å². The molecule has 9 nitrogen and oxygen atoms in total. The molecule has 3 rings (SSSR count). The normalized spacial score (nSPS) is 14.9. The zero-order chi connectivity index (χ0) is 25.2. The second kappa shape index (κ2) is 12.9. The number of nitrogens with zero attached hydrogens (tertiary/aromatic N) is 3. The van der Waals surface area contributed by atoms with E-state index in [1.807, 2.05) is 6.07 Å². The van der Waals surface area contributed by atoms with E-state index in [0.717, 1.165) is 37.4 Å². The molecule has 186 valence electrons. The summed E-state index contributed by atoms with van der Waals surface area (Å²) >= 11 is 1.04. The van der Waals surface area contributed by atoms with E-state index in [1.165, 1.54) is 23.6 Å². The lowest BCUT2D eigenvalue weighted by Crippen LogP contribution is -2.32. The smallest absolute Gasteiger partial charge is 0.351 e. The zero-order valence-electron chi connectivity index (χ0n) is 20.1. The average Bonchev–Trinajstić information content (AvgIpc) is 3.49. The number of rotatable bonds is 10. The minimum atomic E-state index is -0.753. The number of ether oxygens (including phenoxy) is 1. The molecule has 1 aromatic heterocycles. The van der Waals surface area contributed by atoms with Crippen molar-refractivity contribution in [3.8, 4) is 6.07 Å². The van der Waals surface area contributed by atoms with Gasteiger partial charge in [-0.15, -0.1) is 11.3 Å². The summed E-state index contributed by atoms with van der Waals surface area (Å²) < 4.78 is 6.91. The van der Waals surface area contributed by atoms with E-state index >= 15 is 0 Å². The van der Waals surface area contributed by atoms with Crippen molar-refractivity contribution < 1.29 is 14.3 Å². The topological polar surface area (TPSA) is 116 Å². The summed E-state index contributed by atoms with van der Waals surface area (Å²) in [4.78, 5) is 39.9. The molecule has 35 heavy (non-hydrogen) atoms. The molecule has 0 atom stereocenters. The van der Waals surface area contributed by atoms with Crippen LogP contribution in [0.1, 0.15) is 43.5 Å². The number of anilines is 1. The second-order valence-corrected chi connectivity index (χ2v) is 9.09. The maximum absolute atomic E-state index is 12.8. The van der Waals surface area contributed by atoms with Crippen LogP contribution in [0.15, 0.2) is 29.1 Å². The van der Waals surface area contributed by atoms with E-state index in [4.69, 9.17) is 4.74 Å². The Labute approximate surface area is 208 Å². The molecule has 0 saturated carbocycles. The van der Waals surface area contributed by atoms with Gasteiger partial charge >= 0.3 is 5.97 Å². The van der Waals surface area contributed by atoms with Gasteiger partial charge in [0, 0.05) is 30.5 Å². The highest BCUT2D eigenvalue weighted by atomic mass is 32.1. The summed E-state index contributed by atoms with van der Waals surface area (Å²) in [5.74, 6) is -0.901. The second-order valence-electron chi connectivity index (χ2n) is 8.06. The van der Waals surface area contributed by atoms with Crippen LogP contribution < -0.4 is 25.4 Å². The predicted octanol–water partition coefficient (Wildman–Crippen LogP) is 1.23. The minimum Gasteiger partial charge on any atom is -0.462 e. The molecule has 2 aromatic rings. The fourth-order valence-corrected chi connectivity index (χ4v) is 4.97. The molecule has 1 aliphatic heterocycles. The maximum Gasteiger partial charge on any atom is 0.351 e. The number of benzene rings is 1. The molecule has 1 saturated heterocycles. The molecule has 1 aromatic carbocycles. The number of likely N-dealkylation sites (tertiary alicyclic amines) is 1. The molecule has 1 fully saturated rings. The summed E-state index contributed by atoms with van der Waals surface area (Å²) in [5, 5.41) is 15.5. The van der Waals surface area contributed by atoms with Gasteiger partial charge in [0.25, 0.3) is 11.5 Å². The molecule has 0 radical (unpaired) electrons. The number of nitriles is 1. The Morgan fingerprint density at radius 3 is 2.71 bits per heavy atom. The third-order valence-corrected chi connectivity index (χ3v) is 6.79. The number of nitrogens with one attached hydrogen (secondary N) is 2. The molecule has 2 N–H and O–H groups in total. The first-order valence-corrected chi connectivity index (χ1v) is 12.7. The van der Waals surface area contributed by atoms with Crippen LogP contribution in [0.5, 0.6) is 0 Å². The van der Waals surface area contributed by atoms with Gasteiger partial charge in [-0.05, 0) is 70.9 Å². The molecule has 0 spiro atoms. The molecule has 0 bridgehead atoms. The quantitative estimate of drug-likeness (QED) is 0.375. The number of thiazole rings is 1. The van der Waals surface area contributed by atoms with Crippen LogP contribution >= 0.6 is 11.3 Å². The highest BCUT2D eigenvalue weighted by Gasteiger charge is 2.16. The van der Waals surface area contributed by atoms with Gasteiger partial charge in [-0.1, -0.05) is 6.07 Å². The number of esters is 1. The number of carbonyl (C=O) groups is 2. The molecule has 0 unspecified atom stereocenters. The van der Waals surface area contributed by atoms with E-state index in [0.29, 0.717) is 28.9 Å². The zero-order valence-corrected chi connectivity index (χ0v) is 21.0. The van der Waals surface area contributed by atoms with Gasteiger partial charge in [-0.3, -0.25) is 14.2 Å². The Hall–Kier alpha value is -3.42. The standard InChI is InChI=1S/C25H31N5O4S/c1-3-30-23(32)21(35-24(30)20(16-26)25(33)34-4-2)17-28-19-10-7-9-18(15-19)22(31)27-11-8-14-29-12-5-6-13-29/h7,9-10,15,17,28H,3-6,8,11-14H2,1-2H3,(H,27,31)/b21-17+,24-20-. The van der Waals surface area contributed by atoms with Gasteiger partial charge in [0.1, 0.15) is 15.3 Å². The first kappa shape index (κ1) is 26.2. The first-order valence-electron chi connectivity index (χ1n) is 11.9. The van der Waals surface area contributed by atoms with Crippen LogP contribution in [-0.2, 0) is 16.1 Å². The third-order valence-electron chi connectivity index (χ3n) is 5.66. The van der Waals surface area contributed by atoms with Gasteiger partial charge in [-0.25, -0.2) is 4.79 Å². The van der Waals surface area contributed by atoms with Crippen molar-refractivity contribution in [3.05, 3.63) is 49.4 Å². The number of amides is 1. The Balaban J connectivity index is 1.73. The molecule has 1 amide bonds. The SMILES string of the molecule is CCOC(=O)/C(C#N)=c1\s/c(=C/Nc2cccc(C(=O)NCCCN3CCCC3)c2)c(=O)n1CC. The predicted molar refractivity (Wildman–Crippen MR) is 136 cm³/mol. The summed E-state index contributed by atoms with van der Waals surface area (Å²) in [5.41, 5.74) is 0.648. The number of hydrogen-bond donors (Lipinski definition) is 2. The molecular weight excluding hydrogens is 466 g/mol. The van der Waals surface area contributed by atoms with Crippen molar-refractivity contribution in [1.29, 1.82) is 5.26 Å². The lowest BCUT2D eigenvalue weighted by Gasteiger charge is -2.14. The van der Waals surface area contributed by atoms with Gasteiger partial charge in [0.15, 0.2) is 5.57 Å². The highest BCUT2D eigenvalue weighted by Crippen LogP contribution is 2.11. The van der Waals surface area contributed by atoms with Crippen LogP contribution in [0.4, 0.5) is 5.69 Å². The fourth-order valence-electron chi connectivity index (χ4n) is 3.89. The van der Waals surface area contributed by atoms with Gasteiger partial charge in [0.05, 0.1) is 6.61 Å². The lowest BCUT2D eigenvalue weighted by molar-refractivity contribution is -0.136. The summed E-state index contributed by atoms with van der Waals surface area (Å²) in [6.45, 7) is 7.76. The van der Waals surface area contributed by atoms with Crippen LogP contribution in [0.3, 0.4) is 0 Å². The Morgan fingerprint density at radius 1 is 1.26 bits per heavy atom. The van der Waals surface area contributed by atoms with Gasteiger partial charge in [-0.2, -0.15) is 5.26 Å². The van der Waals surface area contributed by atoms with Crippen molar-refractivity contribution in [2.75, 3.05) is 38.1 Å². The Bertz CT molecular complexity index is 1270. The molecule has 10 heteroatoms. The van der Waals surface area contributed by atoms with Crippen LogP contribution in [0.2, 0.25) is 0 Å². The van der Waals surface area contributed by atoms with Crippen LogP contribution in [0.25, 0.3) is 11.8 Å². The summed E-state index contributed by atoms with van der Waals surface area (Å²) in [7, 11) is 0. The van der Waals surface area contributed by atoms with Gasteiger partial charge in [0.2, 0.25) is 0 Å². The first-order chi connectivity index (χ1) is 17.0. The maximum atomic E-state index is 12.8. The number of aromatic nitrogens is 1. The van der Waals surface area contributed by atoms with Crippen LogP contribution in [-0.4, -0.2) is 54.1 Å². The van der Waals surface area contributed by atoms with Crippen molar-refractivity contribution in [3.63, 3.8) is 0 Å². The van der Waals surface area contributed by atoms with Crippen LogP contribution in [0, 0.1) is 11.3 Å². The van der Waals surface area contributed by atoms with E-state index in [-0.39, 0.29) is 28.3 Å². The summed E-state index contributed by atoms with van der Waals surface area (Å²) in [6, 6.07) is 8.87. The monoisotopic (exact) mass is 497 g/mol. The number of hydrogen-bond acceptors (Lipinski definition) is 8.